The second-order valence-electron chi connectivity index (χ2n) is 8.19. The second-order valence-corrected chi connectivity index (χ2v) is 11.2. The summed E-state index contributed by atoms with van der Waals surface area (Å²) in [6, 6.07) is 12.0. The van der Waals surface area contributed by atoms with Crippen LogP contribution >= 0.6 is 11.3 Å². The van der Waals surface area contributed by atoms with Crippen LogP contribution in [-0.2, 0) is 10.0 Å². The van der Waals surface area contributed by atoms with Crippen molar-refractivity contribution in [1.29, 1.82) is 0 Å². The van der Waals surface area contributed by atoms with E-state index in [9.17, 15) is 13.2 Å². The van der Waals surface area contributed by atoms with Crippen LogP contribution in [0.2, 0.25) is 0 Å². The van der Waals surface area contributed by atoms with Crippen LogP contribution in [0.1, 0.15) is 36.2 Å². The van der Waals surface area contributed by atoms with Gasteiger partial charge in [-0.25, -0.2) is 13.4 Å². The predicted molar refractivity (Wildman–Crippen MR) is 120 cm³/mol. The van der Waals surface area contributed by atoms with Gasteiger partial charge in [-0.3, -0.25) is 10.1 Å². The number of benzene rings is 2. The average Bonchev–Trinajstić information content (AvgIpc) is 3.11. The smallest absolute Gasteiger partial charge is 0.257 e. The Morgan fingerprint density at radius 1 is 1.10 bits per heavy atom. The molecule has 1 aromatic heterocycles. The lowest BCUT2D eigenvalue weighted by molar-refractivity contribution is 0.102. The van der Waals surface area contributed by atoms with Crippen molar-refractivity contribution < 1.29 is 13.2 Å². The fraction of sp³-hybridized carbons (Fsp3) is 0.364. The topological polar surface area (TPSA) is 79.4 Å². The Kier molecular flexibility index (Phi) is 5.65. The Labute approximate surface area is 181 Å². The third-order valence-corrected chi connectivity index (χ3v) is 8.21. The number of para-hydroxylation sites is 1. The van der Waals surface area contributed by atoms with Crippen molar-refractivity contribution in [1.82, 2.24) is 9.29 Å². The van der Waals surface area contributed by atoms with Crippen molar-refractivity contribution in [3.8, 4) is 0 Å². The molecule has 2 atom stereocenters. The van der Waals surface area contributed by atoms with Crippen molar-refractivity contribution in [2.45, 2.75) is 32.1 Å². The van der Waals surface area contributed by atoms with Gasteiger partial charge in [-0.2, -0.15) is 4.31 Å². The van der Waals surface area contributed by atoms with Gasteiger partial charge in [-0.05, 0) is 61.1 Å². The molecular formula is C22H25N3O3S2. The van der Waals surface area contributed by atoms with Gasteiger partial charge in [0, 0.05) is 18.7 Å². The summed E-state index contributed by atoms with van der Waals surface area (Å²) >= 11 is 1.42. The third kappa shape index (κ3) is 4.12. The minimum Gasteiger partial charge on any atom is -0.298 e. The van der Waals surface area contributed by atoms with Crippen molar-refractivity contribution in [3.63, 3.8) is 0 Å². The van der Waals surface area contributed by atoms with E-state index in [2.05, 4.69) is 24.1 Å². The number of aryl methyl sites for hydroxylation is 1. The van der Waals surface area contributed by atoms with E-state index in [-0.39, 0.29) is 10.8 Å². The Morgan fingerprint density at radius 2 is 1.77 bits per heavy atom. The van der Waals surface area contributed by atoms with Gasteiger partial charge < -0.3 is 0 Å². The average molecular weight is 444 g/mol. The molecule has 0 aliphatic carbocycles. The van der Waals surface area contributed by atoms with Crippen LogP contribution < -0.4 is 5.32 Å². The minimum atomic E-state index is -3.56. The van der Waals surface area contributed by atoms with Gasteiger partial charge >= 0.3 is 0 Å². The number of piperidine rings is 1. The Bertz CT molecular complexity index is 1180. The zero-order valence-corrected chi connectivity index (χ0v) is 18.9. The van der Waals surface area contributed by atoms with Gasteiger partial charge in [0.2, 0.25) is 10.0 Å². The molecule has 0 saturated carbocycles. The van der Waals surface area contributed by atoms with Gasteiger partial charge in [0.15, 0.2) is 5.13 Å². The number of hydrogen-bond acceptors (Lipinski definition) is 5. The number of aromatic nitrogens is 1. The number of thiazole rings is 1. The number of nitrogens with one attached hydrogen (secondary N) is 1. The number of hydrogen-bond donors (Lipinski definition) is 1. The van der Waals surface area contributed by atoms with Crippen LogP contribution in [-0.4, -0.2) is 36.7 Å². The number of amides is 1. The summed E-state index contributed by atoms with van der Waals surface area (Å²) in [5.41, 5.74) is 2.33. The van der Waals surface area contributed by atoms with E-state index < -0.39 is 10.0 Å². The van der Waals surface area contributed by atoms with Gasteiger partial charge in [0.25, 0.3) is 5.91 Å². The summed E-state index contributed by atoms with van der Waals surface area (Å²) in [6.45, 7) is 7.21. The van der Waals surface area contributed by atoms with Gasteiger partial charge in [0.05, 0.1) is 15.1 Å². The van der Waals surface area contributed by atoms with Gasteiger partial charge in [-0.1, -0.05) is 37.3 Å². The maximum absolute atomic E-state index is 13.0. The Balaban J connectivity index is 1.51. The molecule has 0 radical (unpaired) electrons. The lowest BCUT2D eigenvalue weighted by Gasteiger charge is -2.34. The molecule has 2 heterocycles. The maximum atomic E-state index is 13.0. The van der Waals surface area contributed by atoms with Crippen LogP contribution in [0, 0.1) is 18.8 Å². The lowest BCUT2D eigenvalue weighted by atomic mass is 9.94. The normalized spacial score (nSPS) is 20.4. The molecule has 1 aliphatic heterocycles. The standard InChI is InChI=1S/C22H25N3O3S2/c1-14-11-15(2)13-25(12-14)30(27,28)18-9-7-17(8-10-18)21(26)24-22-23-20-16(3)5-4-6-19(20)29-22/h4-10,14-15H,11-13H2,1-3H3,(H,23,24,26)/t14-,15+. The molecule has 6 nitrogen and oxygen atoms in total. The molecule has 0 spiro atoms. The first-order valence-corrected chi connectivity index (χ1v) is 12.3. The summed E-state index contributed by atoms with van der Waals surface area (Å²) < 4.78 is 28.6. The highest BCUT2D eigenvalue weighted by Crippen LogP contribution is 2.29. The number of carbonyl (C=O) groups excluding carboxylic acids is 1. The van der Waals surface area contributed by atoms with E-state index >= 15 is 0 Å². The Morgan fingerprint density at radius 3 is 2.40 bits per heavy atom. The van der Waals surface area contributed by atoms with E-state index in [1.807, 2.05) is 25.1 Å². The molecule has 1 aliphatic rings. The molecule has 1 fully saturated rings. The molecule has 30 heavy (non-hydrogen) atoms. The van der Waals surface area contributed by atoms with E-state index in [1.165, 1.54) is 23.5 Å². The van der Waals surface area contributed by atoms with Crippen LogP contribution in [0.25, 0.3) is 10.2 Å². The second kappa shape index (κ2) is 8.09. The number of nitrogens with zero attached hydrogens (tertiary/aromatic N) is 2. The quantitative estimate of drug-likeness (QED) is 0.643. The van der Waals surface area contributed by atoms with Crippen molar-refractivity contribution >= 4 is 42.6 Å². The summed E-state index contributed by atoms with van der Waals surface area (Å²) in [6.07, 6.45) is 1.04. The molecule has 1 amide bonds. The van der Waals surface area contributed by atoms with Crippen LogP contribution in [0.4, 0.5) is 5.13 Å². The molecule has 1 saturated heterocycles. The monoisotopic (exact) mass is 443 g/mol. The largest absolute Gasteiger partial charge is 0.298 e. The van der Waals surface area contributed by atoms with E-state index in [0.29, 0.717) is 35.6 Å². The van der Waals surface area contributed by atoms with Crippen LogP contribution in [0.5, 0.6) is 0 Å². The molecule has 8 heteroatoms. The highest BCUT2D eigenvalue weighted by molar-refractivity contribution is 7.89. The van der Waals surface area contributed by atoms with Crippen LogP contribution in [0.15, 0.2) is 47.4 Å². The molecule has 0 unspecified atom stereocenters. The maximum Gasteiger partial charge on any atom is 0.257 e. The van der Waals surface area contributed by atoms with Crippen molar-refractivity contribution in [2.24, 2.45) is 11.8 Å². The number of carbonyl (C=O) groups is 1. The van der Waals surface area contributed by atoms with Gasteiger partial charge in [0.1, 0.15) is 0 Å². The molecule has 3 aromatic rings. The molecule has 4 rings (SSSR count). The fourth-order valence-corrected chi connectivity index (χ4v) is 6.66. The number of fused-ring (bicyclic) bond motifs is 1. The highest BCUT2D eigenvalue weighted by atomic mass is 32.2. The molecule has 1 N–H and O–H groups in total. The van der Waals surface area contributed by atoms with Crippen molar-refractivity contribution in [2.75, 3.05) is 18.4 Å². The zero-order chi connectivity index (χ0) is 21.5. The Hall–Kier alpha value is -2.29. The number of sulfonamides is 1. The summed E-state index contributed by atoms with van der Waals surface area (Å²) in [4.78, 5) is 17.3. The molecule has 0 bridgehead atoms. The summed E-state index contributed by atoms with van der Waals surface area (Å²) in [5, 5.41) is 3.34. The van der Waals surface area contributed by atoms with Crippen LogP contribution in [0.3, 0.4) is 0 Å². The first-order valence-electron chi connectivity index (χ1n) is 10.0. The fourth-order valence-electron chi connectivity index (χ4n) is 4.04. The van der Waals surface area contributed by atoms with Crippen molar-refractivity contribution in [3.05, 3.63) is 53.6 Å². The third-order valence-electron chi connectivity index (χ3n) is 5.43. The number of rotatable bonds is 4. The predicted octanol–water partition coefficient (Wildman–Crippen LogP) is 4.52. The minimum absolute atomic E-state index is 0.218. The van der Waals surface area contributed by atoms with E-state index in [4.69, 9.17) is 0 Å². The first-order chi connectivity index (χ1) is 14.2. The SMILES string of the molecule is Cc1cccc2sc(NC(=O)c3ccc(S(=O)(=O)N4C[C@H](C)C[C@H](C)C4)cc3)nc12. The summed E-state index contributed by atoms with van der Waals surface area (Å²) in [7, 11) is -3.56. The molecular weight excluding hydrogens is 418 g/mol. The van der Waals surface area contributed by atoms with E-state index in [1.54, 1.807) is 16.4 Å². The highest BCUT2D eigenvalue weighted by Gasteiger charge is 2.31. The summed E-state index contributed by atoms with van der Waals surface area (Å²) in [5.74, 6) is 0.368. The van der Waals surface area contributed by atoms with Gasteiger partial charge in [-0.15, -0.1) is 0 Å². The zero-order valence-electron chi connectivity index (χ0n) is 17.3. The number of anilines is 1. The van der Waals surface area contributed by atoms with E-state index in [0.717, 1.165) is 22.2 Å². The lowest BCUT2D eigenvalue weighted by Crippen LogP contribution is -2.42. The molecule has 2 aromatic carbocycles. The first kappa shape index (κ1) is 21.0. The molecule has 158 valence electrons.